The van der Waals surface area contributed by atoms with Crippen molar-refractivity contribution in [1.29, 1.82) is 0 Å². The lowest BCUT2D eigenvalue weighted by molar-refractivity contribution is 0.0332. The largest absolute Gasteiger partial charge is 0.379 e. The van der Waals surface area contributed by atoms with E-state index in [0.717, 1.165) is 0 Å². The molecule has 0 spiro atoms. The predicted molar refractivity (Wildman–Crippen MR) is 106 cm³/mol. The number of nitrogens with one attached hydrogen (secondary N) is 1. The number of halogens is 1. The van der Waals surface area contributed by atoms with E-state index in [0.29, 0.717) is 49.1 Å². The molecule has 1 amide bonds. The zero-order chi connectivity index (χ0) is 20.9. The molecule has 3 heterocycles. The Labute approximate surface area is 175 Å². The molecule has 1 fully saturated rings. The number of amides is 1. The number of hydrazone groups is 1. The minimum atomic E-state index is -0.539. The lowest BCUT2D eigenvalue weighted by atomic mass is 10.2. The van der Waals surface area contributed by atoms with Crippen molar-refractivity contribution in [3.8, 4) is 5.82 Å². The zero-order valence-electron chi connectivity index (χ0n) is 15.7. The van der Waals surface area contributed by atoms with Gasteiger partial charge in [-0.05, 0) is 16.4 Å². The van der Waals surface area contributed by atoms with Crippen molar-refractivity contribution >= 4 is 29.5 Å². The molecular formula is C17H18ClN9O3. The number of carbonyl (C=O) groups is 1. The molecule has 12 nitrogen and oxygen atoms in total. The normalized spacial score (nSPS) is 15.0. The molecule has 0 atom stereocenters. The predicted octanol–water partition coefficient (Wildman–Crippen LogP) is 0.482. The second kappa shape index (κ2) is 8.98. The Balaban J connectivity index is 1.58. The molecule has 3 N–H and O–H groups in total. The van der Waals surface area contributed by atoms with Crippen molar-refractivity contribution < 1.29 is 14.2 Å². The number of morpholine rings is 1. The minimum Gasteiger partial charge on any atom is -0.379 e. The number of nitrogens with zero attached hydrogens (tertiary/aromatic N) is 7. The van der Waals surface area contributed by atoms with Crippen molar-refractivity contribution in [3.05, 3.63) is 46.2 Å². The van der Waals surface area contributed by atoms with E-state index >= 15 is 0 Å². The molecule has 0 bridgehead atoms. The molecule has 0 radical (unpaired) electrons. The van der Waals surface area contributed by atoms with Gasteiger partial charge in [-0.1, -0.05) is 35.0 Å². The van der Waals surface area contributed by atoms with Gasteiger partial charge in [0.05, 0.1) is 25.1 Å². The molecular weight excluding hydrogens is 414 g/mol. The molecule has 3 aromatic rings. The second-order valence-corrected chi connectivity index (χ2v) is 6.79. The van der Waals surface area contributed by atoms with Crippen LogP contribution in [0.25, 0.3) is 5.82 Å². The average Bonchev–Trinajstić information content (AvgIpc) is 3.36. The monoisotopic (exact) mass is 431 g/mol. The van der Waals surface area contributed by atoms with E-state index in [2.05, 4.69) is 40.7 Å². The maximum Gasteiger partial charge on any atom is 0.293 e. The van der Waals surface area contributed by atoms with Gasteiger partial charge in [-0.2, -0.15) is 9.78 Å². The van der Waals surface area contributed by atoms with Crippen molar-refractivity contribution in [2.75, 3.05) is 32.0 Å². The van der Waals surface area contributed by atoms with Crippen molar-refractivity contribution in [2.45, 2.75) is 6.54 Å². The van der Waals surface area contributed by atoms with Crippen LogP contribution in [0, 0.1) is 0 Å². The summed E-state index contributed by atoms with van der Waals surface area (Å²) in [5, 5.41) is 19.8. The Morgan fingerprint density at radius 2 is 2.10 bits per heavy atom. The van der Waals surface area contributed by atoms with Crippen LogP contribution in [0.5, 0.6) is 0 Å². The fraction of sp³-hybridized carbons (Fsp3) is 0.294. The first kappa shape index (κ1) is 19.9. The highest BCUT2D eigenvalue weighted by atomic mass is 35.5. The number of hydrogen-bond acceptors (Lipinski definition) is 10. The molecule has 1 aromatic carbocycles. The van der Waals surface area contributed by atoms with Crippen LogP contribution < -0.4 is 11.2 Å². The number of benzene rings is 1. The fourth-order valence-corrected chi connectivity index (χ4v) is 3.08. The summed E-state index contributed by atoms with van der Waals surface area (Å²) in [6.45, 7) is 2.96. The molecule has 0 saturated carbocycles. The van der Waals surface area contributed by atoms with Gasteiger partial charge in [0.1, 0.15) is 0 Å². The first-order valence-corrected chi connectivity index (χ1v) is 9.42. The van der Waals surface area contributed by atoms with Crippen LogP contribution in [0.15, 0.2) is 34.0 Å². The van der Waals surface area contributed by atoms with Gasteiger partial charge in [-0.15, -0.1) is 5.10 Å². The molecule has 1 aliphatic rings. The molecule has 4 rings (SSSR count). The second-order valence-electron chi connectivity index (χ2n) is 6.38. The van der Waals surface area contributed by atoms with Gasteiger partial charge in [0, 0.05) is 30.2 Å². The topological polar surface area (TPSA) is 150 Å². The summed E-state index contributed by atoms with van der Waals surface area (Å²) in [6, 6.07) is 7.13. The quantitative estimate of drug-likeness (QED) is 0.419. The van der Waals surface area contributed by atoms with Gasteiger partial charge in [0.2, 0.25) is 11.6 Å². The van der Waals surface area contributed by atoms with Gasteiger partial charge in [0.15, 0.2) is 5.69 Å². The number of rotatable bonds is 6. The lowest BCUT2D eigenvalue weighted by Gasteiger charge is -2.26. The van der Waals surface area contributed by atoms with Crippen LogP contribution in [0.4, 0.5) is 5.82 Å². The van der Waals surface area contributed by atoms with Gasteiger partial charge >= 0.3 is 0 Å². The first-order valence-electron chi connectivity index (χ1n) is 9.04. The maximum absolute atomic E-state index is 12.7. The van der Waals surface area contributed by atoms with Crippen LogP contribution >= 0.6 is 11.6 Å². The number of hydrogen-bond donors (Lipinski definition) is 2. The van der Waals surface area contributed by atoms with Gasteiger partial charge in [0.25, 0.3) is 5.91 Å². The highest BCUT2D eigenvalue weighted by Gasteiger charge is 2.26. The van der Waals surface area contributed by atoms with Gasteiger partial charge in [-0.25, -0.2) is 10.1 Å². The summed E-state index contributed by atoms with van der Waals surface area (Å²) in [5.41, 5.74) is 9.47. The maximum atomic E-state index is 12.7. The Kier molecular flexibility index (Phi) is 5.97. The Bertz CT molecular complexity index is 1060. The summed E-state index contributed by atoms with van der Waals surface area (Å²) in [7, 11) is 0. The molecule has 156 valence electrons. The summed E-state index contributed by atoms with van der Waals surface area (Å²) >= 11 is 6.09. The molecule has 0 aliphatic carbocycles. The van der Waals surface area contributed by atoms with Crippen LogP contribution in [0.3, 0.4) is 0 Å². The molecule has 1 saturated heterocycles. The third-order valence-electron chi connectivity index (χ3n) is 4.43. The van der Waals surface area contributed by atoms with Crippen molar-refractivity contribution in [3.63, 3.8) is 0 Å². The van der Waals surface area contributed by atoms with E-state index in [-0.39, 0.29) is 17.3 Å². The molecule has 2 aromatic heterocycles. The number of ether oxygens (including phenoxy) is 1. The highest BCUT2D eigenvalue weighted by Crippen LogP contribution is 2.18. The van der Waals surface area contributed by atoms with Crippen LogP contribution in [0.2, 0.25) is 5.02 Å². The Morgan fingerprint density at radius 3 is 2.83 bits per heavy atom. The summed E-state index contributed by atoms with van der Waals surface area (Å²) in [6.07, 6.45) is 1.45. The smallest absolute Gasteiger partial charge is 0.293 e. The standard InChI is InChI=1S/C17H18ClN9O3/c18-12-4-2-1-3-11(12)9-20-22-17(28)14-13(10-26-5-7-29-8-6-26)27(25-21-14)16-15(19)23-30-24-16/h1-4,9H,5-8,10H2,(H2,19,23)(H,22,28)/b20-9+. The number of aromatic nitrogens is 5. The minimum absolute atomic E-state index is 0.0341. The van der Waals surface area contributed by atoms with Crippen LogP contribution in [0.1, 0.15) is 21.7 Å². The Hall–Kier alpha value is -3.35. The molecule has 13 heteroatoms. The van der Waals surface area contributed by atoms with E-state index in [4.69, 9.17) is 22.1 Å². The van der Waals surface area contributed by atoms with Crippen molar-refractivity contribution in [2.24, 2.45) is 5.10 Å². The summed E-state index contributed by atoms with van der Waals surface area (Å²) in [5.74, 6) is -0.348. The van der Waals surface area contributed by atoms with E-state index in [1.165, 1.54) is 10.9 Å². The Morgan fingerprint density at radius 1 is 1.30 bits per heavy atom. The highest BCUT2D eigenvalue weighted by molar-refractivity contribution is 6.33. The summed E-state index contributed by atoms with van der Waals surface area (Å²) < 4.78 is 11.4. The van der Waals surface area contributed by atoms with Gasteiger partial charge in [-0.3, -0.25) is 9.69 Å². The molecule has 30 heavy (non-hydrogen) atoms. The lowest BCUT2D eigenvalue weighted by Crippen LogP contribution is -2.37. The van der Waals surface area contributed by atoms with Crippen molar-refractivity contribution in [1.82, 2.24) is 35.6 Å². The number of carbonyl (C=O) groups excluding carboxylic acids is 1. The number of nitrogens with two attached hydrogens (primary N) is 1. The third kappa shape index (κ3) is 4.30. The van der Waals surface area contributed by atoms with E-state index in [1.54, 1.807) is 18.2 Å². The third-order valence-corrected chi connectivity index (χ3v) is 4.77. The van der Waals surface area contributed by atoms with E-state index < -0.39 is 5.91 Å². The molecule has 0 unspecified atom stereocenters. The van der Waals surface area contributed by atoms with Crippen LogP contribution in [-0.4, -0.2) is 68.6 Å². The first-order chi connectivity index (χ1) is 14.6. The van der Waals surface area contributed by atoms with E-state index in [1.807, 2.05) is 6.07 Å². The fourth-order valence-electron chi connectivity index (χ4n) is 2.89. The van der Waals surface area contributed by atoms with Gasteiger partial charge < -0.3 is 10.5 Å². The van der Waals surface area contributed by atoms with E-state index in [9.17, 15) is 4.79 Å². The zero-order valence-corrected chi connectivity index (χ0v) is 16.5. The number of nitrogen functional groups attached to an aromatic ring is 1. The van der Waals surface area contributed by atoms with Crippen LogP contribution in [-0.2, 0) is 11.3 Å². The number of anilines is 1. The SMILES string of the molecule is Nc1nonc1-n1nnc(C(=O)N/N=C/c2ccccc2Cl)c1CN1CCOCC1. The summed E-state index contributed by atoms with van der Waals surface area (Å²) in [4.78, 5) is 14.8. The molecule has 1 aliphatic heterocycles. The average molecular weight is 432 g/mol.